The zero-order valence-electron chi connectivity index (χ0n) is 35.0. The number of hydrogen-bond acceptors (Lipinski definition) is 14. The van der Waals surface area contributed by atoms with Crippen molar-refractivity contribution in [3.8, 4) is 0 Å². The second-order valence-electron chi connectivity index (χ2n) is 20.3. The van der Waals surface area contributed by atoms with Crippen LogP contribution in [0, 0.1) is 50.7 Å². The number of aliphatic hydroxyl groups excluding tert-OH is 7. The van der Waals surface area contributed by atoms with E-state index >= 15 is 0 Å². The van der Waals surface area contributed by atoms with E-state index in [2.05, 4.69) is 34.6 Å². The quantitative estimate of drug-likeness (QED) is 0.0845. The highest BCUT2D eigenvalue weighted by atomic mass is 16.7. The van der Waals surface area contributed by atoms with Gasteiger partial charge in [0.15, 0.2) is 12.6 Å². The van der Waals surface area contributed by atoms with Gasteiger partial charge in [0.1, 0.15) is 49.3 Å². The molecule has 0 aromatic carbocycles. The molecule has 0 unspecified atom stereocenters. The Hall–Kier alpha value is -1.76. The van der Waals surface area contributed by atoms with Crippen LogP contribution in [0.25, 0.3) is 0 Å². The van der Waals surface area contributed by atoms with Gasteiger partial charge in [0.05, 0.1) is 24.9 Å². The smallest absolute Gasteiger partial charge is 0.330 e. The molecule has 0 radical (unpaired) electrons. The third kappa shape index (κ3) is 6.72. The van der Waals surface area contributed by atoms with E-state index in [9.17, 15) is 50.4 Å². The molecule has 0 aromatic heterocycles. The topological polar surface area (TPSA) is 242 Å². The normalized spacial score (nSPS) is 51.4. The first kappa shape index (κ1) is 44.3. The minimum atomic E-state index is -1.66. The Kier molecular flexibility index (Phi) is 11.9. The van der Waals surface area contributed by atoms with Crippen molar-refractivity contribution in [2.75, 3.05) is 13.2 Å². The number of ether oxygens (including phenoxy) is 5. The zero-order chi connectivity index (χ0) is 42.5. The summed E-state index contributed by atoms with van der Waals surface area (Å²) < 4.78 is 29.3. The Morgan fingerprint density at radius 1 is 0.828 bits per heavy atom. The predicted molar refractivity (Wildman–Crippen MR) is 204 cm³/mol. The summed E-state index contributed by atoms with van der Waals surface area (Å²) >= 11 is 0. The molecule has 2 spiro atoms. The van der Waals surface area contributed by atoms with E-state index in [-0.39, 0.29) is 53.3 Å². The van der Waals surface area contributed by atoms with Gasteiger partial charge in [-0.3, -0.25) is 4.79 Å². The van der Waals surface area contributed by atoms with Crippen LogP contribution in [0.1, 0.15) is 106 Å². The number of hydrogen-bond donors (Lipinski definition) is 8. The van der Waals surface area contributed by atoms with Gasteiger partial charge < -0.3 is 64.5 Å². The molecule has 0 aromatic rings. The zero-order valence-corrected chi connectivity index (χ0v) is 35.0. The summed E-state index contributed by atoms with van der Waals surface area (Å²) in [5, 5.41) is 87.0. The van der Waals surface area contributed by atoms with Crippen LogP contribution in [-0.2, 0) is 33.3 Å². The molecule has 7 rings (SSSR count). The third-order valence-corrected chi connectivity index (χ3v) is 17.3. The van der Waals surface area contributed by atoms with Gasteiger partial charge >= 0.3 is 11.9 Å². The van der Waals surface area contributed by atoms with Crippen LogP contribution < -0.4 is 0 Å². The van der Waals surface area contributed by atoms with Crippen LogP contribution in [0.5, 0.6) is 0 Å². The van der Waals surface area contributed by atoms with Crippen molar-refractivity contribution >= 4 is 11.9 Å². The second kappa shape index (κ2) is 15.5. The SMILES string of the molecule is CC(=O)OC[C@@H]1O[C@H](O[C@@H]2CC[C@]34C[C@]35C[C@H](O)[C@]3(C)[C@@H]([C@H](C)CC/C=C(\C)C(=O)O)[C@@H](O)C[C@@]3(C)[C@H]5CC[C@H]4C2(C)C)[C@@H](O)[C@H](O)[C@H]1O[C@@H]1OC[C@H](O)[C@@H](O)[C@@H]1O. The first-order valence-corrected chi connectivity index (χ1v) is 21.4. The van der Waals surface area contributed by atoms with E-state index in [1.54, 1.807) is 13.0 Å². The first-order valence-electron chi connectivity index (χ1n) is 21.4. The maximum atomic E-state index is 12.4. The van der Waals surface area contributed by atoms with Gasteiger partial charge in [-0.1, -0.05) is 40.7 Å². The molecule has 0 bridgehead atoms. The largest absolute Gasteiger partial charge is 0.478 e. The molecule has 2 saturated heterocycles. The molecular formula is C43H68O15. The van der Waals surface area contributed by atoms with Crippen LogP contribution in [0.2, 0.25) is 0 Å². The molecule has 15 heteroatoms. The number of aliphatic hydroxyl groups is 7. The standard InChI is InChI=1S/C43H68O15/c1-20(9-8-10-21(2)36(52)53)30-23(45)15-40(6)27-12-11-26-39(4,5)29(13-14-42(26)19-43(27,42)16-28(47)41(30,40)7)57-38-34(51)32(49)35(25(56-38)18-54-22(3)44)58-37-33(50)31(48)24(46)17-55-37/h10,20,23-35,37-38,45-51H,8-9,11-19H2,1-7H3,(H,52,53)/b21-10+/t20-,23+,24+,25+,26+,27-,28+,29-,30+,31-,32+,33+,34+,35+,37+,38-,40+,41-,42-,43+/m1/s1. The lowest BCUT2D eigenvalue weighted by atomic mass is 9.41. The Morgan fingerprint density at radius 2 is 1.50 bits per heavy atom. The number of allylic oxidation sites excluding steroid dienone is 1. The van der Waals surface area contributed by atoms with Crippen molar-refractivity contribution < 1.29 is 74.1 Å². The fourth-order valence-electron chi connectivity index (χ4n) is 14.3. The average molecular weight is 825 g/mol. The van der Waals surface area contributed by atoms with E-state index in [1.165, 1.54) is 6.92 Å². The minimum absolute atomic E-state index is 0.0280. The molecule has 7 fully saturated rings. The number of esters is 1. The Morgan fingerprint density at radius 3 is 2.17 bits per heavy atom. The molecule has 330 valence electrons. The van der Waals surface area contributed by atoms with Crippen molar-refractivity contribution in [2.45, 2.75) is 180 Å². The van der Waals surface area contributed by atoms with Crippen LogP contribution >= 0.6 is 0 Å². The molecule has 2 heterocycles. The Balaban J connectivity index is 1.07. The highest BCUT2D eigenvalue weighted by molar-refractivity contribution is 5.85. The average Bonchev–Trinajstić information content (AvgIpc) is 3.74. The molecule has 5 aliphatic carbocycles. The van der Waals surface area contributed by atoms with Crippen molar-refractivity contribution in [1.82, 2.24) is 0 Å². The van der Waals surface area contributed by atoms with Crippen LogP contribution in [0.15, 0.2) is 11.6 Å². The minimum Gasteiger partial charge on any atom is -0.478 e. The van der Waals surface area contributed by atoms with Gasteiger partial charge in [-0.25, -0.2) is 4.79 Å². The monoisotopic (exact) mass is 824 g/mol. The van der Waals surface area contributed by atoms with E-state index in [0.717, 1.165) is 32.1 Å². The number of carboxylic acid groups (broad SMARTS) is 1. The molecule has 5 saturated carbocycles. The van der Waals surface area contributed by atoms with Gasteiger partial charge in [0.2, 0.25) is 0 Å². The molecule has 8 N–H and O–H groups in total. The van der Waals surface area contributed by atoms with Crippen molar-refractivity contribution in [3.63, 3.8) is 0 Å². The van der Waals surface area contributed by atoms with E-state index in [4.69, 9.17) is 23.7 Å². The number of aliphatic carboxylic acids is 1. The van der Waals surface area contributed by atoms with Gasteiger partial charge in [0.25, 0.3) is 0 Å². The number of fused-ring (bicyclic) bond motifs is 2. The summed E-state index contributed by atoms with van der Waals surface area (Å²) in [6, 6.07) is 0. The number of carboxylic acids is 1. The molecule has 58 heavy (non-hydrogen) atoms. The lowest BCUT2D eigenvalue weighted by Gasteiger charge is -2.64. The van der Waals surface area contributed by atoms with Crippen molar-refractivity contribution in [2.24, 2.45) is 50.7 Å². The van der Waals surface area contributed by atoms with E-state index < -0.39 is 90.3 Å². The fourth-order valence-corrected chi connectivity index (χ4v) is 14.3. The Bertz CT molecular complexity index is 1590. The molecule has 7 aliphatic rings. The second-order valence-corrected chi connectivity index (χ2v) is 20.3. The van der Waals surface area contributed by atoms with Gasteiger partial charge in [0, 0.05) is 17.9 Å². The molecule has 0 amide bonds. The van der Waals surface area contributed by atoms with E-state index in [1.807, 2.05) is 0 Å². The van der Waals surface area contributed by atoms with Crippen LogP contribution in [0.4, 0.5) is 0 Å². The maximum Gasteiger partial charge on any atom is 0.330 e. The highest BCUT2D eigenvalue weighted by Gasteiger charge is 2.84. The summed E-state index contributed by atoms with van der Waals surface area (Å²) in [6.45, 7) is 13.1. The summed E-state index contributed by atoms with van der Waals surface area (Å²) in [6.07, 6.45) is -5.96. The summed E-state index contributed by atoms with van der Waals surface area (Å²) in [5.41, 5.74) is -1.02. The summed E-state index contributed by atoms with van der Waals surface area (Å²) in [7, 11) is 0. The van der Waals surface area contributed by atoms with Gasteiger partial charge in [-0.15, -0.1) is 0 Å². The number of carbonyl (C=O) groups is 2. The fraction of sp³-hybridized carbons (Fsp3) is 0.907. The summed E-state index contributed by atoms with van der Waals surface area (Å²) in [5.74, 6) is -1.04. The first-order chi connectivity index (χ1) is 27.1. The molecule has 20 atom stereocenters. The van der Waals surface area contributed by atoms with Crippen molar-refractivity contribution in [1.29, 1.82) is 0 Å². The Labute approximate surface area is 341 Å². The number of carbonyl (C=O) groups excluding carboxylic acids is 1. The van der Waals surface area contributed by atoms with Gasteiger partial charge in [-0.05, 0) is 110 Å². The lowest BCUT2D eigenvalue weighted by Crippen LogP contribution is -2.65. The predicted octanol–water partition coefficient (Wildman–Crippen LogP) is 2.03. The molecule has 2 aliphatic heterocycles. The number of rotatable bonds is 11. The maximum absolute atomic E-state index is 12.4. The molecule has 15 nitrogen and oxygen atoms in total. The van der Waals surface area contributed by atoms with Crippen LogP contribution in [0.3, 0.4) is 0 Å². The van der Waals surface area contributed by atoms with Crippen molar-refractivity contribution in [3.05, 3.63) is 11.6 Å². The van der Waals surface area contributed by atoms with E-state index in [0.29, 0.717) is 37.2 Å². The third-order valence-electron chi connectivity index (χ3n) is 17.3. The summed E-state index contributed by atoms with van der Waals surface area (Å²) in [4.78, 5) is 23.2. The molecular weight excluding hydrogens is 756 g/mol. The highest BCUT2D eigenvalue weighted by Crippen LogP contribution is 2.89. The lowest BCUT2D eigenvalue weighted by molar-refractivity contribution is -0.359. The van der Waals surface area contributed by atoms with Crippen LogP contribution in [-0.4, -0.2) is 140 Å². The van der Waals surface area contributed by atoms with Gasteiger partial charge in [-0.2, -0.15) is 0 Å².